The van der Waals surface area contributed by atoms with Crippen molar-refractivity contribution in [3.8, 4) is 5.75 Å². The van der Waals surface area contributed by atoms with Gasteiger partial charge in [0.1, 0.15) is 0 Å². The SMILES string of the molecule is O=C(CCOc1ccccc1F)N1CCOCC1CO. The number of rotatable bonds is 5. The molecule has 0 radical (unpaired) electrons. The summed E-state index contributed by atoms with van der Waals surface area (Å²) in [6, 6.07) is 5.77. The third kappa shape index (κ3) is 3.68. The largest absolute Gasteiger partial charge is 0.490 e. The normalized spacial score (nSPS) is 18.9. The molecule has 1 aliphatic heterocycles. The maximum Gasteiger partial charge on any atom is 0.226 e. The van der Waals surface area contributed by atoms with Crippen molar-refractivity contribution in [2.75, 3.05) is 33.0 Å². The van der Waals surface area contributed by atoms with E-state index in [1.54, 1.807) is 17.0 Å². The molecule has 0 bridgehead atoms. The van der Waals surface area contributed by atoms with Crippen LogP contribution in [0.5, 0.6) is 5.75 Å². The molecular weight excluding hydrogens is 265 g/mol. The number of nitrogens with zero attached hydrogens (tertiary/aromatic N) is 1. The quantitative estimate of drug-likeness (QED) is 0.869. The Morgan fingerprint density at radius 3 is 3.05 bits per heavy atom. The van der Waals surface area contributed by atoms with Crippen molar-refractivity contribution in [1.29, 1.82) is 0 Å². The zero-order valence-electron chi connectivity index (χ0n) is 11.1. The van der Waals surface area contributed by atoms with Crippen LogP contribution in [0.1, 0.15) is 6.42 Å². The average molecular weight is 283 g/mol. The fraction of sp³-hybridized carbons (Fsp3) is 0.500. The lowest BCUT2D eigenvalue weighted by Gasteiger charge is -2.34. The van der Waals surface area contributed by atoms with E-state index in [9.17, 15) is 14.3 Å². The third-order valence-corrected chi connectivity index (χ3v) is 3.17. The minimum absolute atomic E-state index is 0.106. The van der Waals surface area contributed by atoms with Gasteiger partial charge in [0.15, 0.2) is 11.6 Å². The Bertz CT molecular complexity index is 455. The smallest absolute Gasteiger partial charge is 0.226 e. The first-order chi connectivity index (χ1) is 9.72. The van der Waals surface area contributed by atoms with E-state index >= 15 is 0 Å². The molecule has 1 amide bonds. The molecule has 0 aromatic heterocycles. The third-order valence-electron chi connectivity index (χ3n) is 3.17. The van der Waals surface area contributed by atoms with Crippen molar-refractivity contribution < 1.29 is 23.8 Å². The van der Waals surface area contributed by atoms with Gasteiger partial charge in [0.05, 0.1) is 38.9 Å². The number of benzene rings is 1. The molecule has 20 heavy (non-hydrogen) atoms. The first-order valence-electron chi connectivity index (χ1n) is 6.57. The highest BCUT2D eigenvalue weighted by atomic mass is 19.1. The van der Waals surface area contributed by atoms with Crippen molar-refractivity contribution >= 4 is 5.91 Å². The van der Waals surface area contributed by atoms with Crippen molar-refractivity contribution in [2.45, 2.75) is 12.5 Å². The first-order valence-corrected chi connectivity index (χ1v) is 6.57. The summed E-state index contributed by atoms with van der Waals surface area (Å²) in [4.78, 5) is 13.6. The van der Waals surface area contributed by atoms with E-state index < -0.39 is 5.82 Å². The second-order valence-corrected chi connectivity index (χ2v) is 4.53. The van der Waals surface area contributed by atoms with Crippen molar-refractivity contribution in [3.05, 3.63) is 30.1 Å². The number of halogens is 1. The number of aliphatic hydroxyl groups is 1. The predicted molar refractivity (Wildman–Crippen MR) is 69.9 cm³/mol. The molecule has 1 aromatic rings. The van der Waals surface area contributed by atoms with Crippen LogP contribution in [0.3, 0.4) is 0 Å². The molecular formula is C14H18FNO4. The number of aliphatic hydroxyl groups excluding tert-OH is 1. The van der Waals surface area contributed by atoms with E-state index in [0.717, 1.165) is 0 Å². The standard InChI is InChI=1S/C14H18FNO4/c15-12-3-1-2-4-13(12)20-7-5-14(18)16-6-8-19-10-11(16)9-17/h1-4,11,17H,5-10H2. The first kappa shape index (κ1) is 14.7. The molecule has 1 fully saturated rings. The van der Waals surface area contributed by atoms with Gasteiger partial charge in [-0.3, -0.25) is 4.79 Å². The lowest BCUT2D eigenvalue weighted by molar-refractivity contribution is -0.142. The van der Waals surface area contributed by atoms with Gasteiger partial charge in [0, 0.05) is 6.54 Å². The number of amides is 1. The van der Waals surface area contributed by atoms with Gasteiger partial charge in [-0.25, -0.2) is 4.39 Å². The van der Waals surface area contributed by atoms with Crippen LogP contribution in [0.4, 0.5) is 4.39 Å². The summed E-state index contributed by atoms with van der Waals surface area (Å²) in [6.45, 7) is 1.26. The fourth-order valence-electron chi connectivity index (χ4n) is 2.09. The van der Waals surface area contributed by atoms with Gasteiger partial charge in [0.2, 0.25) is 5.91 Å². The van der Waals surface area contributed by atoms with Gasteiger partial charge in [-0.15, -0.1) is 0 Å². The maximum atomic E-state index is 13.3. The second kappa shape index (κ2) is 7.21. The zero-order chi connectivity index (χ0) is 14.4. The Kier molecular flexibility index (Phi) is 5.31. The maximum absolute atomic E-state index is 13.3. The van der Waals surface area contributed by atoms with Gasteiger partial charge in [0.25, 0.3) is 0 Å². The molecule has 1 saturated heterocycles. The van der Waals surface area contributed by atoms with E-state index in [0.29, 0.717) is 19.8 Å². The number of hydrogen-bond donors (Lipinski definition) is 1. The van der Waals surface area contributed by atoms with E-state index in [-0.39, 0.29) is 37.3 Å². The van der Waals surface area contributed by atoms with E-state index in [1.807, 2.05) is 0 Å². The second-order valence-electron chi connectivity index (χ2n) is 4.53. The van der Waals surface area contributed by atoms with Crippen molar-refractivity contribution in [2.24, 2.45) is 0 Å². The lowest BCUT2D eigenvalue weighted by Crippen LogP contribution is -2.50. The number of ether oxygens (including phenoxy) is 2. The topological polar surface area (TPSA) is 59.0 Å². The summed E-state index contributed by atoms with van der Waals surface area (Å²) < 4.78 is 23.8. The molecule has 1 N–H and O–H groups in total. The molecule has 1 aromatic carbocycles. The molecule has 2 rings (SSSR count). The molecule has 0 aliphatic carbocycles. The van der Waals surface area contributed by atoms with Gasteiger partial charge >= 0.3 is 0 Å². The number of para-hydroxylation sites is 1. The Morgan fingerprint density at radius 2 is 2.30 bits per heavy atom. The molecule has 0 saturated carbocycles. The minimum atomic E-state index is -0.445. The van der Waals surface area contributed by atoms with E-state index in [4.69, 9.17) is 9.47 Å². The van der Waals surface area contributed by atoms with Crippen LogP contribution < -0.4 is 4.74 Å². The highest BCUT2D eigenvalue weighted by molar-refractivity contribution is 5.76. The Hall–Kier alpha value is -1.66. The predicted octanol–water partition coefficient (Wildman–Crippen LogP) is 0.814. The van der Waals surface area contributed by atoms with E-state index in [1.165, 1.54) is 12.1 Å². The number of carbonyl (C=O) groups is 1. The number of morpholine rings is 1. The minimum Gasteiger partial charge on any atom is -0.490 e. The molecule has 5 nitrogen and oxygen atoms in total. The average Bonchev–Trinajstić information content (AvgIpc) is 2.49. The Balaban J connectivity index is 1.81. The van der Waals surface area contributed by atoms with Crippen molar-refractivity contribution in [3.63, 3.8) is 0 Å². The van der Waals surface area contributed by atoms with Crippen LogP contribution in [0.25, 0.3) is 0 Å². The molecule has 1 atom stereocenters. The Labute approximate surface area is 116 Å². The molecule has 1 unspecified atom stereocenters. The van der Waals surface area contributed by atoms with Crippen LogP contribution in [0.2, 0.25) is 0 Å². The summed E-state index contributed by atoms with van der Waals surface area (Å²) in [5.74, 6) is -0.427. The summed E-state index contributed by atoms with van der Waals surface area (Å²) >= 11 is 0. The van der Waals surface area contributed by atoms with Gasteiger partial charge in [-0.05, 0) is 12.1 Å². The molecule has 6 heteroatoms. The number of carbonyl (C=O) groups excluding carboxylic acids is 1. The monoisotopic (exact) mass is 283 g/mol. The summed E-state index contributed by atoms with van der Waals surface area (Å²) in [6.07, 6.45) is 0.144. The zero-order valence-corrected chi connectivity index (χ0v) is 11.1. The van der Waals surface area contributed by atoms with Crippen molar-refractivity contribution in [1.82, 2.24) is 4.90 Å². The molecule has 1 heterocycles. The van der Waals surface area contributed by atoms with Gasteiger partial charge < -0.3 is 19.5 Å². The van der Waals surface area contributed by atoms with Crippen LogP contribution in [0.15, 0.2) is 24.3 Å². The lowest BCUT2D eigenvalue weighted by atomic mass is 10.2. The molecule has 0 spiro atoms. The summed E-state index contributed by atoms with van der Waals surface area (Å²) in [5.41, 5.74) is 0. The summed E-state index contributed by atoms with van der Waals surface area (Å²) in [5, 5.41) is 9.20. The van der Waals surface area contributed by atoms with Crippen LogP contribution >= 0.6 is 0 Å². The van der Waals surface area contributed by atoms with Crippen LogP contribution in [-0.4, -0.2) is 54.9 Å². The highest BCUT2D eigenvalue weighted by Gasteiger charge is 2.26. The summed E-state index contributed by atoms with van der Waals surface area (Å²) in [7, 11) is 0. The van der Waals surface area contributed by atoms with Crippen LogP contribution in [0, 0.1) is 5.82 Å². The molecule has 110 valence electrons. The molecule has 1 aliphatic rings. The van der Waals surface area contributed by atoms with Gasteiger partial charge in [-0.2, -0.15) is 0 Å². The highest BCUT2D eigenvalue weighted by Crippen LogP contribution is 2.16. The van der Waals surface area contributed by atoms with Crippen LogP contribution in [-0.2, 0) is 9.53 Å². The van der Waals surface area contributed by atoms with E-state index in [2.05, 4.69) is 0 Å². The fourth-order valence-corrected chi connectivity index (χ4v) is 2.09. The number of hydrogen-bond acceptors (Lipinski definition) is 4. The van der Waals surface area contributed by atoms with Gasteiger partial charge in [-0.1, -0.05) is 12.1 Å². The Morgan fingerprint density at radius 1 is 1.50 bits per heavy atom.